The van der Waals surface area contributed by atoms with Crippen molar-refractivity contribution in [2.45, 2.75) is 66.0 Å². The highest BCUT2D eigenvalue weighted by molar-refractivity contribution is 7.90. The van der Waals surface area contributed by atoms with Gasteiger partial charge in [0, 0.05) is 0 Å². The Hall–Kier alpha value is 1.54. The predicted molar refractivity (Wildman–Crippen MR) is 107 cm³/mol. The first-order valence-corrected chi connectivity index (χ1v) is 19.8. The van der Waals surface area contributed by atoms with E-state index in [4.69, 9.17) is 22.3 Å². The van der Waals surface area contributed by atoms with E-state index in [2.05, 4.69) is 65.7 Å². The topological polar surface area (TPSA) is 9.72 Å². The van der Waals surface area contributed by atoms with E-state index in [-0.39, 0.29) is 0 Å². The Morgan fingerprint density at radius 1 is 0.905 bits per heavy atom. The lowest BCUT2D eigenvalue weighted by Crippen LogP contribution is -2.84. The Morgan fingerprint density at radius 2 is 1.24 bits per heavy atom. The summed E-state index contributed by atoms with van der Waals surface area (Å²) in [4.78, 5) is 0. The van der Waals surface area contributed by atoms with Crippen molar-refractivity contribution in [3.05, 3.63) is 0 Å². The molecular formula is C12H32Cl2N3PSi3. The van der Waals surface area contributed by atoms with Crippen molar-refractivity contribution in [2.75, 3.05) is 13.1 Å². The van der Waals surface area contributed by atoms with Gasteiger partial charge in [-0.25, -0.2) is 0 Å². The summed E-state index contributed by atoms with van der Waals surface area (Å²) in [5, 5.41) is 0. The van der Waals surface area contributed by atoms with E-state index in [9.17, 15) is 0 Å². The number of hydrogen-bond donors (Lipinski definition) is 0. The van der Waals surface area contributed by atoms with Gasteiger partial charge in [-0.1, -0.05) is 64.4 Å². The predicted octanol–water partition coefficient (Wildman–Crippen LogP) is 5.54. The lowest BCUT2D eigenvalue weighted by molar-refractivity contribution is 0.377. The summed E-state index contributed by atoms with van der Waals surface area (Å²) < 4.78 is 7.79. The van der Waals surface area contributed by atoms with Gasteiger partial charge in [-0.2, -0.15) is 0 Å². The molecule has 126 valence electrons. The van der Waals surface area contributed by atoms with Gasteiger partial charge in [0.1, 0.15) is 24.0 Å². The molecule has 1 heterocycles. The number of hydrogen-bond acceptors (Lipinski definition) is 3. The zero-order chi connectivity index (χ0) is 16.6. The maximum Gasteiger partial charge on any atom is 0.390 e. The molecule has 0 saturated carbocycles. The first-order valence-electron chi connectivity index (χ1n) is 7.92. The number of halogens is 2. The summed E-state index contributed by atoms with van der Waals surface area (Å²) in [6.07, 6.45) is 2.31. The molecule has 0 unspecified atom stereocenters. The molecule has 1 aliphatic heterocycles. The Morgan fingerprint density at radius 3 is 1.48 bits per heavy atom. The van der Waals surface area contributed by atoms with Gasteiger partial charge in [-0.05, 0) is 25.9 Å². The minimum absolute atomic E-state index is 0.712. The van der Waals surface area contributed by atoms with Gasteiger partial charge < -0.3 is 0 Å². The molecule has 0 spiro atoms. The molecule has 0 aliphatic carbocycles. The Bertz CT molecular complexity index is 335. The molecule has 0 aromatic carbocycles. The van der Waals surface area contributed by atoms with Crippen LogP contribution in [0.1, 0.15) is 26.7 Å². The van der Waals surface area contributed by atoms with Gasteiger partial charge in [-0.3, -0.25) is 12.6 Å². The first-order chi connectivity index (χ1) is 9.42. The summed E-state index contributed by atoms with van der Waals surface area (Å²) >= 11 is 14.3. The fourth-order valence-electron chi connectivity index (χ4n) is 2.90. The largest absolute Gasteiger partial charge is 0.390 e. The Labute approximate surface area is 145 Å². The number of nitrogens with zero attached hydrogens (tertiary/aromatic N) is 3. The molecule has 3 nitrogen and oxygen atoms in total. The molecule has 1 rings (SSSR count). The summed E-state index contributed by atoms with van der Waals surface area (Å²) in [6.45, 7) is 21.0. The minimum Gasteiger partial charge on any atom is -0.287 e. The van der Waals surface area contributed by atoms with Gasteiger partial charge in [0.2, 0.25) is 0 Å². The van der Waals surface area contributed by atoms with Gasteiger partial charge in [0.15, 0.2) is 0 Å². The minimum atomic E-state index is -2.27. The van der Waals surface area contributed by atoms with E-state index in [1.165, 1.54) is 0 Å². The normalized spacial score (nSPS) is 29.0. The van der Waals surface area contributed by atoms with Crippen molar-refractivity contribution in [1.29, 1.82) is 0 Å². The van der Waals surface area contributed by atoms with Crippen LogP contribution in [0.15, 0.2) is 0 Å². The van der Waals surface area contributed by atoms with Crippen LogP contribution in [-0.2, 0) is 0 Å². The monoisotopic (exact) mass is 403 g/mol. The molecule has 0 bridgehead atoms. The van der Waals surface area contributed by atoms with Crippen molar-refractivity contribution in [1.82, 2.24) is 12.6 Å². The van der Waals surface area contributed by atoms with Crippen molar-refractivity contribution < 1.29 is 0 Å². The van der Waals surface area contributed by atoms with Gasteiger partial charge in [0.25, 0.3) is 0 Å². The van der Waals surface area contributed by atoms with Crippen LogP contribution in [0.2, 0.25) is 39.3 Å². The van der Waals surface area contributed by atoms with Crippen LogP contribution in [0.3, 0.4) is 0 Å². The molecular weight excluding hydrogens is 372 g/mol. The van der Waals surface area contributed by atoms with E-state index in [1.807, 2.05) is 0 Å². The van der Waals surface area contributed by atoms with Crippen molar-refractivity contribution in [2.24, 2.45) is 0 Å². The third-order valence-corrected chi connectivity index (χ3v) is 28.2. The molecule has 1 saturated heterocycles. The van der Waals surface area contributed by atoms with E-state index in [1.54, 1.807) is 0 Å². The van der Waals surface area contributed by atoms with E-state index in [0.29, 0.717) is 0 Å². The lowest BCUT2D eigenvalue weighted by Gasteiger charge is -2.68. The van der Waals surface area contributed by atoms with Gasteiger partial charge in [0.05, 0.1) is 0 Å². The molecule has 21 heavy (non-hydrogen) atoms. The van der Waals surface area contributed by atoms with Crippen molar-refractivity contribution in [3.63, 3.8) is 0 Å². The smallest absolute Gasteiger partial charge is 0.287 e. The van der Waals surface area contributed by atoms with Crippen molar-refractivity contribution >= 4 is 54.2 Å². The highest BCUT2D eigenvalue weighted by Crippen LogP contribution is 2.69. The molecule has 0 radical (unpaired) electrons. The first kappa shape index (κ1) is 20.6. The second kappa shape index (κ2) is 7.20. The van der Waals surface area contributed by atoms with Crippen LogP contribution in [0, 0.1) is 0 Å². The van der Waals surface area contributed by atoms with Crippen LogP contribution in [0.5, 0.6) is 0 Å². The second-order valence-corrected chi connectivity index (χ2v) is 26.1. The molecule has 1 fully saturated rings. The van der Waals surface area contributed by atoms with Crippen LogP contribution in [0.25, 0.3) is 0 Å². The SMILES string of the molecule is CCCN(CCC)[Si]1(Cl)N([Si](C)(C)C)P(Cl)N1[Si](C)(C)C. The van der Waals surface area contributed by atoms with E-state index >= 15 is 0 Å². The highest BCUT2D eigenvalue weighted by Gasteiger charge is 2.70. The Balaban J connectivity index is 3.24. The zero-order valence-corrected chi connectivity index (χ0v) is 20.3. The highest BCUT2D eigenvalue weighted by atomic mass is 35.7. The zero-order valence-electron chi connectivity index (χ0n) is 14.9. The Kier molecular flexibility index (Phi) is 7.05. The third-order valence-electron chi connectivity index (χ3n) is 3.53. The quantitative estimate of drug-likeness (QED) is 0.314. The molecule has 0 aromatic rings. The van der Waals surface area contributed by atoms with Crippen molar-refractivity contribution in [3.8, 4) is 0 Å². The maximum atomic E-state index is 7.45. The molecule has 9 heteroatoms. The average Bonchev–Trinajstić information content (AvgIpc) is 2.23. The second-order valence-electron chi connectivity index (χ2n) is 7.75. The third kappa shape index (κ3) is 3.97. The summed E-state index contributed by atoms with van der Waals surface area (Å²) in [5.41, 5.74) is 0. The van der Waals surface area contributed by atoms with Crippen LogP contribution in [-0.4, -0.2) is 50.0 Å². The lowest BCUT2D eigenvalue weighted by atomic mass is 10.4. The van der Waals surface area contributed by atoms with Gasteiger partial charge in [-0.15, -0.1) is 11.1 Å². The standard InChI is InChI=1S/C12H32Cl2N3PSi3/c1-9-11-15(12-10-2)21(14)16(19(3,4)5)18(13)17(21)20(6,7)8/h9-12H2,1-8H3. The van der Waals surface area contributed by atoms with Gasteiger partial charge >= 0.3 is 7.87 Å². The average molecular weight is 405 g/mol. The van der Waals surface area contributed by atoms with Crippen LogP contribution >= 0.6 is 29.9 Å². The fourth-order valence-corrected chi connectivity index (χ4v) is 35.2. The molecule has 0 aromatic heterocycles. The van der Waals surface area contributed by atoms with Crippen LogP contribution in [0.4, 0.5) is 0 Å². The van der Waals surface area contributed by atoms with E-state index in [0.717, 1.165) is 25.9 Å². The molecule has 0 N–H and O–H groups in total. The number of rotatable bonds is 7. The molecule has 0 atom stereocenters. The summed E-state index contributed by atoms with van der Waals surface area (Å²) in [5.74, 6) is 0. The molecule has 0 amide bonds. The fraction of sp³-hybridized carbons (Fsp3) is 1.00. The van der Waals surface area contributed by atoms with E-state index < -0.39 is 31.9 Å². The molecule has 1 aliphatic rings. The van der Waals surface area contributed by atoms with Crippen LogP contribution < -0.4 is 0 Å². The summed E-state index contributed by atoms with van der Waals surface area (Å²) in [6, 6.07) is 0. The summed E-state index contributed by atoms with van der Waals surface area (Å²) in [7, 11) is -6.01. The maximum absolute atomic E-state index is 7.45.